The summed E-state index contributed by atoms with van der Waals surface area (Å²) in [4.78, 5) is 1.51. The fraction of sp³-hybridized carbons (Fsp3) is 0.280. The number of ether oxygens (including phenoxy) is 1. The number of hydrogen-bond donors (Lipinski definition) is 1. The third-order valence-corrected chi connectivity index (χ3v) is 7.44. The van der Waals surface area contributed by atoms with Crippen LogP contribution in [0.25, 0.3) is 0 Å². The van der Waals surface area contributed by atoms with Gasteiger partial charge < -0.3 is 9.64 Å². The number of para-hydroxylation sites is 2. The molecule has 38 heavy (non-hydrogen) atoms. The molecule has 206 valence electrons. The van der Waals surface area contributed by atoms with Gasteiger partial charge in [0, 0.05) is 17.9 Å². The van der Waals surface area contributed by atoms with Crippen LogP contribution < -0.4 is 14.4 Å². The first-order valence-electron chi connectivity index (χ1n) is 11.3. The largest absolute Gasteiger partial charge is 0.573 e. The van der Waals surface area contributed by atoms with Crippen molar-refractivity contribution in [2.75, 3.05) is 24.2 Å². The van der Waals surface area contributed by atoms with E-state index in [9.17, 15) is 30.0 Å². The van der Waals surface area contributed by atoms with Gasteiger partial charge in [-0.2, -0.15) is 8.42 Å². The second kappa shape index (κ2) is 11.7. The van der Waals surface area contributed by atoms with Crippen LogP contribution in [0.2, 0.25) is 0 Å². The highest BCUT2D eigenvalue weighted by molar-refractivity contribution is 7.89. The lowest BCUT2D eigenvalue weighted by molar-refractivity contribution is -0.274. The maximum Gasteiger partial charge on any atom is 0.573 e. The van der Waals surface area contributed by atoms with Crippen molar-refractivity contribution in [2.24, 2.45) is 0 Å². The second-order valence-electron chi connectivity index (χ2n) is 8.48. The number of aryl methyl sites for hydroxylation is 2. The summed E-state index contributed by atoms with van der Waals surface area (Å²) in [6.07, 6.45) is -5.22. The molecule has 0 saturated heterocycles. The smallest absolute Gasteiger partial charge is 0.406 e. The van der Waals surface area contributed by atoms with Crippen LogP contribution in [-0.4, -0.2) is 48.6 Å². The Morgan fingerprint density at radius 2 is 1.34 bits per heavy atom. The molecule has 3 rings (SSSR count). The quantitative estimate of drug-likeness (QED) is 0.334. The summed E-state index contributed by atoms with van der Waals surface area (Å²) < 4.78 is 98.3. The zero-order valence-electron chi connectivity index (χ0n) is 20.8. The molecule has 0 aliphatic rings. The van der Waals surface area contributed by atoms with Gasteiger partial charge in [0.05, 0.1) is 17.7 Å². The third-order valence-electron chi connectivity index (χ3n) is 5.38. The standard InChI is InChI=1S/C25H27F3N2O6S2/c1-18-8-4-6-10-23(18)30(24-11-7-5-9-19(24)2)17-21(36-37(3,31)32)16-29-38(33,34)22-14-12-20(13-15-22)35-25(26,27)28/h4-15,21,29H,16-17H2,1-3H3. The fourth-order valence-corrected chi connectivity index (χ4v) is 5.43. The van der Waals surface area contributed by atoms with Crippen LogP contribution >= 0.6 is 0 Å². The van der Waals surface area contributed by atoms with Crippen LogP contribution in [0.15, 0.2) is 77.7 Å². The number of anilines is 2. The van der Waals surface area contributed by atoms with Crippen LogP contribution in [0.1, 0.15) is 11.1 Å². The molecule has 0 aromatic heterocycles. The zero-order valence-corrected chi connectivity index (χ0v) is 22.4. The molecule has 3 aromatic rings. The molecule has 0 radical (unpaired) electrons. The molecule has 0 saturated carbocycles. The SMILES string of the molecule is Cc1ccccc1N(CC(CNS(=O)(=O)c1ccc(OC(F)(F)F)cc1)OS(C)(=O)=O)c1ccccc1C. The number of alkyl halides is 3. The minimum Gasteiger partial charge on any atom is -0.406 e. The molecule has 1 atom stereocenters. The highest BCUT2D eigenvalue weighted by atomic mass is 32.2. The van der Waals surface area contributed by atoms with E-state index in [1.807, 2.05) is 67.3 Å². The molecule has 0 fully saturated rings. The molecule has 0 aliphatic carbocycles. The average molecular weight is 573 g/mol. The van der Waals surface area contributed by atoms with E-state index in [2.05, 4.69) is 9.46 Å². The molecule has 1 N–H and O–H groups in total. The predicted octanol–water partition coefficient (Wildman–Crippen LogP) is 4.66. The Bertz CT molecular complexity index is 1420. The van der Waals surface area contributed by atoms with E-state index >= 15 is 0 Å². The van der Waals surface area contributed by atoms with Gasteiger partial charge in [0.1, 0.15) is 11.9 Å². The van der Waals surface area contributed by atoms with Gasteiger partial charge in [0.15, 0.2) is 0 Å². The number of nitrogens with zero attached hydrogens (tertiary/aromatic N) is 1. The highest BCUT2D eigenvalue weighted by Crippen LogP contribution is 2.31. The van der Waals surface area contributed by atoms with Crippen molar-refractivity contribution >= 4 is 31.5 Å². The molecular formula is C25H27F3N2O6S2. The minimum absolute atomic E-state index is 0.0380. The summed E-state index contributed by atoms with van der Waals surface area (Å²) in [5.41, 5.74) is 3.34. The van der Waals surface area contributed by atoms with Gasteiger partial charge in [0.2, 0.25) is 10.0 Å². The summed E-state index contributed by atoms with van der Waals surface area (Å²) in [5, 5.41) is 0. The zero-order chi connectivity index (χ0) is 28.1. The summed E-state index contributed by atoms with van der Waals surface area (Å²) in [6, 6.07) is 18.5. The van der Waals surface area contributed by atoms with E-state index in [1.165, 1.54) is 0 Å². The Morgan fingerprint density at radius 3 is 1.79 bits per heavy atom. The molecule has 8 nitrogen and oxygen atoms in total. The predicted molar refractivity (Wildman–Crippen MR) is 137 cm³/mol. The van der Waals surface area contributed by atoms with Crippen LogP contribution in [0.5, 0.6) is 5.75 Å². The Morgan fingerprint density at radius 1 is 0.842 bits per heavy atom. The van der Waals surface area contributed by atoms with Crippen molar-refractivity contribution in [1.82, 2.24) is 4.72 Å². The number of rotatable bonds is 11. The molecule has 0 heterocycles. The first-order valence-corrected chi connectivity index (χ1v) is 14.6. The Hall–Kier alpha value is -3.13. The lowest BCUT2D eigenvalue weighted by Crippen LogP contribution is -2.41. The van der Waals surface area contributed by atoms with E-state index in [1.54, 1.807) is 0 Å². The average Bonchev–Trinajstić information content (AvgIpc) is 2.80. The van der Waals surface area contributed by atoms with Crippen LogP contribution in [0.3, 0.4) is 0 Å². The van der Waals surface area contributed by atoms with E-state index in [-0.39, 0.29) is 11.4 Å². The van der Waals surface area contributed by atoms with Crippen molar-refractivity contribution in [3.05, 3.63) is 83.9 Å². The van der Waals surface area contributed by atoms with Crippen LogP contribution in [0, 0.1) is 13.8 Å². The summed E-state index contributed by atoms with van der Waals surface area (Å²) in [6.45, 7) is 3.30. The van der Waals surface area contributed by atoms with E-state index in [4.69, 9.17) is 4.18 Å². The van der Waals surface area contributed by atoms with Gasteiger partial charge in [-0.3, -0.25) is 4.18 Å². The normalized spacial score (nSPS) is 13.2. The van der Waals surface area contributed by atoms with Gasteiger partial charge in [-0.15, -0.1) is 13.2 Å². The first-order chi connectivity index (χ1) is 17.6. The van der Waals surface area contributed by atoms with Gasteiger partial charge in [0.25, 0.3) is 10.1 Å². The van der Waals surface area contributed by atoms with Gasteiger partial charge in [-0.05, 0) is 61.4 Å². The third kappa shape index (κ3) is 8.45. The monoisotopic (exact) mass is 572 g/mol. The van der Waals surface area contributed by atoms with Crippen LogP contribution in [-0.2, 0) is 24.3 Å². The number of benzene rings is 3. The van der Waals surface area contributed by atoms with Crippen molar-refractivity contribution in [1.29, 1.82) is 0 Å². The number of halogens is 3. The minimum atomic E-state index is -4.92. The lowest BCUT2D eigenvalue weighted by atomic mass is 10.1. The van der Waals surface area contributed by atoms with Crippen molar-refractivity contribution in [3.63, 3.8) is 0 Å². The Labute approximate surface area is 220 Å². The van der Waals surface area contributed by atoms with Gasteiger partial charge in [-0.1, -0.05) is 36.4 Å². The molecule has 0 aliphatic heterocycles. The van der Waals surface area contributed by atoms with E-state index in [0.29, 0.717) is 0 Å². The summed E-state index contributed by atoms with van der Waals surface area (Å²) >= 11 is 0. The maximum absolute atomic E-state index is 12.8. The molecular weight excluding hydrogens is 545 g/mol. The number of sulfonamides is 1. The lowest BCUT2D eigenvalue weighted by Gasteiger charge is -2.31. The van der Waals surface area contributed by atoms with Crippen LogP contribution in [0.4, 0.5) is 24.5 Å². The second-order valence-corrected chi connectivity index (χ2v) is 11.8. The molecule has 0 bridgehead atoms. The first kappa shape index (κ1) is 29.4. The fourth-order valence-electron chi connectivity index (χ4n) is 3.75. The number of nitrogens with one attached hydrogen (secondary N) is 1. The maximum atomic E-state index is 12.8. The van der Waals surface area contributed by atoms with Gasteiger partial charge in [-0.25, -0.2) is 13.1 Å². The molecule has 1 unspecified atom stereocenters. The molecule has 0 spiro atoms. The summed E-state index contributed by atoms with van der Waals surface area (Å²) in [5.74, 6) is -0.582. The van der Waals surface area contributed by atoms with Crippen molar-refractivity contribution in [3.8, 4) is 5.75 Å². The molecule has 13 heteroatoms. The summed E-state index contributed by atoms with van der Waals surface area (Å²) in [7, 11) is -8.23. The Balaban J connectivity index is 1.88. The van der Waals surface area contributed by atoms with Crippen molar-refractivity contribution < 1.29 is 38.9 Å². The molecule has 3 aromatic carbocycles. The molecule has 0 amide bonds. The van der Waals surface area contributed by atoms with Gasteiger partial charge >= 0.3 is 6.36 Å². The topological polar surface area (TPSA) is 102 Å². The highest BCUT2D eigenvalue weighted by Gasteiger charge is 2.31. The van der Waals surface area contributed by atoms with E-state index < -0.39 is 44.9 Å². The van der Waals surface area contributed by atoms with E-state index in [0.717, 1.165) is 53.0 Å². The van der Waals surface area contributed by atoms with Crippen molar-refractivity contribution in [2.45, 2.75) is 31.2 Å². The Kier molecular flexibility index (Phi) is 9.08. The number of hydrogen-bond acceptors (Lipinski definition) is 7.